The Labute approximate surface area is 226 Å². The van der Waals surface area contributed by atoms with E-state index in [9.17, 15) is 4.79 Å². The van der Waals surface area contributed by atoms with Crippen LogP contribution in [0.4, 0.5) is 11.4 Å². The van der Waals surface area contributed by atoms with Crippen molar-refractivity contribution < 1.29 is 19.0 Å². The standard InChI is InChI=1S/C29H26Cl2N2O4/c1-2-35-28-16-20(18-32-21-9-12-24(13-10-21)37-23-6-4-3-5-7-23)8-15-27(28)36-19-29(34)33-22-11-14-25(30)26(31)17-22/h3-17,32H,2,18-19H2,1H3,(H,33,34). The normalized spacial score (nSPS) is 10.5. The van der Waals surface area contributed by atoms with Gasteiger partial charge >= 0.3 is 0 Å². The lowest BCUT2D eigenvalue weighted by Gasteiger charge is -2.14. The van der Waals surface area contributed by atoms with Crippen LogP contribution in [0.3, 0.4) is 0 Å². The van der Waals surface area contributed by atoms with Gasteiger partial charge in [0, 0.05) is 17.9 Å². The summed E-state index contributed by atoms with van der Waals surface area (Å²) < 4.78 is 17.3. The summed E-state index contributed by atoms with van der Waals surface area (Å²) in [5.41, 5.74) is 2.49. The number of ether oxygens (including phenoxy) is 3. The molecule has 0 aliphatic heterocycles. The quantitative estimate of drug-likeness (QED) is 0.204. The zero-order chi connectivity index (χ0) is 26.0. The Kier molecular flexibility index (Phi) is 9.13. The molecule has 4 aromatic carbocycles. The second-order valence-corrected chi connectivity index (χ2v) is 8.79. The van der Waals surface area contributed by atoms with E-state index in [1.165, 1.54) is 0 Å². The van der Waals surface area contributed by atoms with Crippen molar-refractivity contribution in [3.63, 3.8) is 0 Å². The molecule has 8 heteroatoms. The van der Waals surface area contributed by atoms with E-state index in [2.05, 4.69) is 10.6 Å². The summed E-state index contributed by atoms with van der Waals surface area (Å²) in [4.78, 5) is 12.3. The van der Waals surface area contributed by atoms with Crippen LogP contribution in [-0.4, -0.2) is 19.1 Å². The highest BCUT2D eigenvalue weighted by Gasteiger charge is 2.11. The van der Waals surface area contributed by atoms with Gasteiger partial charge in [0.1, 0.15) is 11.5 Å². The molecule has 0 saturated heterocycles. The fraction of sp³-hybridized carbons (Fsp3) is 0.138. The number of anilines is 2. The maximum Gasteiger partial charge on any atom is 0.262 e. The monoisotopic (exact) mass is 536 g/mol. The van der Waals surface area contributed by atoms with Crippen molar-refractivity contribution in [1.29, 1.82) is 0 Å². The first-order valence-electron chi connectivity index (χ1n) is 11.7. The van der Waals surface area contributed by atoms with Crippen LogP contribution in [0.1, 0.15) is 12.5 Å². The summed E-state index contributed by atoms with van der Waals surface area (Å²) in [6.45, 7) is 2.75. The number of carbonyl (C=O) groups excluding carboxylic acids is 1. The maximum atomic E-state index is 12.3. The number of carbonyl (C=O) groups is 1. The number of halogens is 2. The highest BCUT2D eigenvalue weighted by molar-refractivity contribution is 6.42. The molecule has 0 aromatic heterocycles. The van der Waals surface area contributed by atoms with Crippen LogP contribution in [-0.2, 0) is 11.3 Å². The van der Waals surface area contributed by atoms with Gasteiger partial charge in [-0.3, -0.25) is 4.79 Å². The summed E-state index contributed by atoms with van der Waals surface area (Å²) in [7, 11) is 0. The first-order valence-corrected chi connectivity index (χ1v) is 12.5. The molecule has 0 radical (unpaired) electrons. The van der Waals surface area contributed by atoms with E-state index in [1.54, 1.807) is 24.3 Å². The molecule has 0 heterocycles. The number of amides is 1. The zero-order valence-electron chi connectivity index (χ0n) is 20.2. The number of benzene rings is 4. The van der Waals surface area contributed by atoms with Gasteiger partial charge in [-0.1, -0.05) is 47.5 Å². The van der Waals surface area contributed by atoms with Gasteiger partial charge in [-0.15, -0.1) is 0 Å². The smallest absolute Gasteiger partial charge is 0.262 e. The second-order valence-electron chi connectivity index (χ2n) is 7.97. The average molecular weight is 537 g/mol. The molecule has 2 N–H and O–H groups in total. The van der Waals surface area contributed by atoms with Crippen LogP contribution in [0.15, 0.2) is 91.0 Å². The molecule has 0 unspecified atom stereocenters. The van der Waals surface area contributed by atoms with Crippen molar-refractivity contribution in [3.05, 3.63) is 107 Å². The Morgan fingerprint density at radius 2 is 1.49 bits per heavy atom. The maximum absolute atomic E-state index is 12.3. The van der Waals surface area contributed by atoms with E-state index < -0.39 is 0 Å². The Bertz CT molecular complexity index is 1330. The molecule has 6 nitrogen and oxygen atoms in total. The Morgan fingerprint density at radius 3 is 2.22 bits per heavy atom. The van der Waals surface area contributed by atoms with Gasteiger partial charge in [-0.05, 0) is 79.2 Å². The predicted octanol–water partition coefficient (Wildman–Crippen LogP) is 7.81. The Hall–Kier alpha value is -3.87. The molecule has 4 aromatic rings. The van der Waals surface area contributed by atoms with Gasteiger partial charge in [0.25, 0.3) is 5.91 Å². The van der Waals surface area contributed by atoms with E-state index in [4.69, 9.17) is 37.4 Å². The zero-order valence-corrected chi connectivity index (χ0v) is 21.7. The van der Waals surface area contributed by atoms with Crippen LogP contribution in [0.25, 0.3) is 0 Å². The topological polar surface area (TPSA) is 68.8 Å². The Balaban J connectivity index is 1.32. The number of rotatable bonds is 11. The molecule has 0 bridgehead atoms. The van der Waals surface area contributed by atoms with Crippen LogP contribution < -0.4 is 24.8 Å². The van der Waals surface area contributed by atoms with Crippen LogP contribution in [0, 0.1) is 0 Å². The van der Waals surface area contributed by atoms with E-state index in [1.807, 2.05) is 73.7 Å². The molecule has 4 rings (SSSR count). The summed E-state index contributed by atoms with van der Waals surface area (Å²) in [5, 5.41) is 6.90. The van der Waals surface area contributed by atoms with Gasteiger partial charge in [0.05, 0.1) is 16.7 Å². The molecular formula is C29H26Cl2N2O4. The van der Waals surface area contributed by atoms with E-state index >= 15 is 0 Å². The fourth-order valence-corrected chi connectivity index (χ4v) is 3.73. The highest BCUT2D eigenvalue weighted by Crippen LogP contribution is 2.30. The van der Waals surface area contributed by atoms with Crippen LogP contribution in [0.5, 0.6) is 23.0 Å². The molecule has 0 saturated carbocycles. The summed E-state index contributed by atoms with van der Waals surface area (Å²) in [5.74, 6) is 2.28. The SMILES string of the molecule is CCOc1cc(CNc2ccc(Oc3ccccc3)cc2)ccc1OCC(=O)Nc1ccc(Cl)c(Cl)c1. The third kappa shape index (κ3) is 7.81. The predicted molar refractivity (Wildman–Crippen MR) is 148 cm³/mol. The third-order valence-electron chi connectivity index (χ3n) is 5.20. The largest absolute Gasteiger partial charge is 0.490 e. The van der Waals surface area contributed by atoms with Crippen molar-refractivity contribution in [2.24, 2.45) is 0 Å². The lowest BCUT2D eigenvalue weighted by Crippen LogP contribution is -2.20. The minimum absolute atomic E-state index is 0.185. The van der Waals surface area contributed by atoms with E-state index in [-0.39, 0.29) is 12.5 Å². The molecule has 0 spiro atoms. The lowest BCUT2D eigenvalue weighted by molar-refractivity contribution is -0.118. The van der Waals surface area contributed by atoms with Crippen molar-refractivity contribution in [1.82, 2.24) is 0 Å². The fourth-order valence-electron chi connectivity index (χ4n) is 3.43. The van der Waals surface area contributed by atoms with Gasteiger partial charge in [0.15, 0.2) is 18.1 Å². The van der Waals surface area contributed by atoms with Crippen molar-refractivity contribution >= 4 is 40.5 Å². The van der Waals surface area contributed by atoms with Crippen molar-refractivity contribution in [2.45, 2.75) is 13.5 Å². The van der Waals surface area contributed by atoms with Crippen LogP contribution >= 0.6 is 23.2 Å². The van der Waals surface area contributed by atoms with E-state index in [0.717, 1.165) is 22.7 Å². The first-order chi connectivity index (χ1) is 18.0. The summed E-state index contributed by atoms with van der Waals surface area (Å²) in [6, 6.07) is 27.9. The second kappa shape index (κ2) is 12.9. The van der Waals surface area contributed by atoms with E-state index in [0.29, 0.717) is 40.4 Å². The van der Waals surface area contributed by atoms with Gasteiger partial charge in [-0.2, -0.15) is 0 Å². The summed E-state index contributed by atoms with van der Waals surface area (Å²) in [6.07, 6.45) is 0. The van der Waals surface area contributed by atoms with Gasteiger partial charge < -0.3 is 24.8 Å². The number of hydrogen-bond donors (Lipinski definition) is 2. The minimum Gasteiger partial charge on any atom is -0.490 e. The highest BCUT2D eigenvalue weighted by atomic mass is 35.5. The molecule has 0 atom stereocenters. The number of hydrogen-bond acceptors (Lipinski definition) is 5. The van der Waals surface area contributed by atoms with Gasteiger partial charge in [-0.25, -0.2) is 0 Å². The lowest BCUT2D eigenvalue weighted by atomic mass is 10.2. The van der Waals surface area contributed by atoms with Crippen LogP contribution in [0.2, 0.25) is 10.0 Å². The molecular weight excluding hydrogens is 511 g/mol. The van der Waals surface area contributed by atoms with Crippen molar-refractivity contribution in [2.75, 3.05) is 23.8 Å². The first kappa shape index (κ1) is 26.2. The molecule has 0 aliphatic rings. The number of nitrogens with one attached hydrogen (secondary N) is 2. The van der Waals surface area contributed by atoms with Crippen molar-refractivity contribution in [3.8, 4) is 23.0 Å². The minimum atomic E-state index is -0.328. The molecule has 37 heavy (non-hydrogen) atoms. The third-order valence-corrected chi connectivity index (χ3v) is 5.94. The molecule has 0 fully saturated rings. The molecule has 1 amide bonds. The average Bonchev–Trinajstić information content (AvgIpc) is 2.91. The molecule has 0 aliphatic carbocycles. The number of para-hydroxylation sites is 1. The Morgan fingerprint density at radius 1 is 0.757 bits per heavy atom. The van der Waals surface area contributed by atoms with Gasteiger partial charge in [0.2, 0.25) is 0 Å². The summed E-state index contributed by atoms with van der Waals surface area (Å²) >= 11 is 11.9. The molecule has 190 valence electrons.